The van der Waals surface area contributed by atoms with E-state index in [1.165, 1.54) is 0 Å². The number of ketones is 1. The van der Waals surface area contributed by atoms with Gasteiger partial charge in [0, 0.05) is 24.1 Å². The number of hydrogen-bond donors (Lipinski definition) is 1. The van der Waals surface area contributed by atoms with Gasteiger partial charge in [0.15, 0.2) is 12.4 Å². The fraction of sp³-hybridized carbons (Fsp3) is 0.263. The Labute approximate surface area is 152 Å². The lowest BCUT2D eigenvalue weighted by molar-refractivity contribution is -0.138. The molecule has 1 N–H and O–H groups in total. The number of halogens is 4. The molecule has 2 aromatic carbocycles. The second-order valence-corrected chi connectivity index (χ2v) is 6.07. The molecule has 0 saturated carbocycles. The highest BCUT2D eigenvalue weighted by molar-refractivity contribution is 6.01. The lowest BCUT2D eigenvalue weighted by Gasteiger charge is -2.14. The average molecular weight is 381 g/mol. The molecular formula is C19H15F4NO3. The molecule has 0 radical (unpaired) electrons. The van der Waals surface area contributed by atoms with Crippen LogP contribution in [0, 0.1) is 5.82 Å². The van der Waals surface area contributed by atoms with Crippen LogP contribution in [0.2, 0.25) is 0 Å². The van der Waals surface area contributed by atoms with Crippen molar-refractivity contribution in [1.29, 1.82) is 0 Å². The number of benzene rings is 2. The fourth-order valence-electron chi connectivity index (χ4n) is 2.95. The summed E-state index contributed by atoms with van der Waals surface area (Å²) in [5.74, 6) is -1.22. The summed E-state index contributed by atoms with van der Waals surface area (Å²) < 4.78 is 57.4. The minimum absolute atomic E-state index is 0.0101. The van der Waals surface area contributed by atoms with E-state index in [0.717, 1.165) is 17.7 Å². The molecule has 0 unspecified atom stereocenters. The highest BCUT2D eigenvalue weighted by atomic mass is 19.4. The molecule has 8 heteroatoms. The second-order valence-electron chi connectivity index (χ2n) is 6.07. The van der Waals surface area contributed by atoms with Crippen molar-refractivity contribution in [3.05, 3.63) is 64.5 Å². The Hall–Kier alpha value is -2.90. The number of alkyl halides is 3. The first kappa shape index (κ1) is 18.9. The van der Waals surface area contributed by atoms with Gasteiger partial charge in [-0.2, -0.15) is 13.2 Å². The molecule has 0 bridgehead atoms. The van der Waals surface area contributed by atoms with E-state index in [-0.39, 0.29) is 11.3 Å². The van der Waals surface area contributed by atoms with Gasteiger partial charge in [-0.15, -0.1) is 0 Å². The van der Waals surface area contributed by atoms with Crippen molar-refractivity contribution in [2.75, 3.05) is 6.61 Å². The Kier molecular flexibility index (Phi) is 5.16. The van der Waals surface area contributed by atoms with Crippen LogP contribution in [0.3, 0.4) is 0 Å². The molecule has 142 valence electrons. The van der Waals surface area contributed by atoms with Gasteiger partial charge in [0.2, 0.25) is 0 Å². The molecule has 4 nitrogen and oxygen atoms in total. The fourth-order valence-corrected chi connectivity index (χ4v) is 2.95. The molecule has 0 spiro atoms. The zero-order valence-corrected chi connectivity index (χ0v) is 14.0. The van der Waals surface area contributed by atoms with Gasteiger partial charge < -0.3 is 10.1 Å². The summed E-state index contributed by atoms with van der Waals surface area (Å²) in [7, 11) is 0. The monoisotopic (exact) mass is 381 g/mol. The molecule has 1 amide bonds. The zero-order chi connectivity index (χ0) is 19.6. The van der Waals surface area contributed by atoms with Gasteiger partial charge in [0.05, 0.1) is 5.56 Å². The van der Waals surface area contributed by atoms with Gasteiger partial charge >= 0.3 is 6.18 Å². The molecule has 1 aliphatic rings. The maximum absolute atomic E-state index is 13.1. The summed E-state index contributed by atoms with van der Waals surface area (Å²) in [4.78, 5) is 23.6. The number of carbonyl (C=O) groups is 2. The molecule has 0 fully saturated rings. The average Bonchev–Trinajstić information content (AvgIpc) is 3.00. The van der Waals surface area contributed by atoms with Crippen molar-refractivity contribution in [2.24, 2.45) is 0 Å². The van der Waals surface area contributed by atoms with Crippen molar-refractivity contribution < 1.29 is 31.9 Å². The first-order valence-electron chi connectivity index (χ1n) is 8.16. The van der Waals surface area contributed by atoms with Crippen LogP contribution in [0.15, 0.2) is 36.4 Å². The van der Waals surface area contributed by atoms with E-state index in [1.807, 2.05) is 0 Å². The van der Waals surface area contributed by atoms with Gasteiger partial charge in [-0.25, -0.2) is 4.39 Å². The van der Waals surface area contributed by atoms with Crippen LogP contribution in [0.1, 0.15) is 33.5 Å². The van der Waals surface area contributed by atoms with E-state index >= 15 is 0 Å². The number of ether oxygens (including phenoxy) is 1. The zero-order valence-electron chi connectivity index (χ0n) is 14.0. The SMILES string of the molecule is O=C(COc1cccc2c1CCC2=O)NCc1ccc(F)cc1C(F)(F)F. The molecular weight excluding hydrogens is 366 g/mol. The van der Waals surface area contributed by atoms with E-state index in [0.29, 0.717) is 30.2 Å². The normalized spacial score (nSPS) is 13.4. The molecule has 2 aromatic rings. The number of hydrogen-bond acceptors (Lipinski definition) is 3. The van der Waals surface area contributed by atoms with Crippen LogP contribution in [-0.4, -0.2) is 18.3 Å². The van der Waals surface area contributed by atoms with Crippen molar-refractivity contribution in [3.63, 3.8) is 0 Å². The van der Waals surface area contributed by atoms with Gasteiger partial charge in [-0.3, -0.25) is 9.59 Å². The Morgan fingerprint density at radius 1 is 1.15 bits per heavy atom. The molecule has 1 aliphatic carbocycles. The van der Waals surface area contributed by atoms with E-state index in [4.69, 9.17) is 4.74 Å². The quantitative estimate of drug-likeness (QED) is 0.804. The van der Waals surface area contributed by atoms with Crippen LogP contribution in [0.5, 0.6) is 5.75 Å². The predicted molar refractivity (Wildman–Crippen MR) is 87.8 cm³/mol. The molecule has 27 heavy (non-hydrogen) atoms. The Bertz CT molecular complexity index is 893. The summed E-state index contributed by atoms with van der Waals surface area (Å²) in [6, 6.07) is 7.23. The van der Waals surface area contributed by atoms with Crippen molar-refractivity contribution >= 4 is 11.7 Å². The maximum Gasteiger partial charge on any atom is 0.416 e. The summed E-state index contributed by atoms with van der Waals surface area (Å²) in [6.45, 7) is -0.824. The Balaban J connectivity index is 1.61. The van der Waals surface area contributed by atoms with Crippen LogP contribution in [0.4, 0.5) is 17.6 Å². The Morgan fingerprint density at radius 2 is 1.93 bits per heavy atom. The lowest BCUT2D eigenvalue weighted by atomic mass is 10.1. The minimum atomic E-state index is -4.73. The maximum atomic E-state index is 13.1. The highest BCUT2D eigenvalue weighted by Crippen LogP contribution is 2.33. The van der Waals surface area contributed by atoms with E-state index in [9.17, 15) is 27.2 Å². The highest BCUT2D eigenvalue weighted by Gasteiger charge is 2.33. The van der Waals surface area contributed by atoms with E-state index < -0.39 is 36.6 Å². The van der Waals surface area contributed by atoms with Crippen LogP contribution >= 0.6 is 0 Å². The smallest absolute Gasteiger partial charge is 0.416 e. The third-order valence-corrected chi connectivity index (χ3v) is 4.25. The number of Topliss-reactive ketones (excluding diaryl/α,β-unsaturated/α-hetero) is 1. The van der Waals surface area contributed by atoms with Gasteiger partial charge in [0.25, 0.3) is 5.91 Å². The largest absolute Gasteiger partial charge is 0.483 e. The van der Waals surface area contributed by atoms with Crippen molar-refractivity contribution in [2.45, 2.75) is 25.6 Å². The first-order chi connectivity index (χ1) is 12.8. The predicted octanol–water partition coefficient (Wildman–Crippen LogP) is 3.67. The molecule has 0 saturated heterocycles. The summed E-state index contributed by atoms with van der Waals surface area (Å²) in [5, 5.41) is 2.32. The number of nitrogens with one attached hydrogen (secondary N) is 1. The third kappa shape index (κ3) is 4.27. The molecule has 0 aliphatic heterocycles. The minimum Gasteiger partial charge on any atom is -0.483 e. The number of rotatable bonds is 5. The van der Waals surface area contributed by atoms with Crippen molar-refractivity contribution in [3.8, 4) is 5.75 Å². The lowest BCUT2D eigenvalue weighted by Crippen LogP contribution is -2.29. The van der Waals surface area contributed by atoms with Crippen molar-refractivity contribution in [1.82, 2.24) is 5.32 Å². The third-order valence-electron chi connectivity index (χ3n) is 4.25. The number of amides is 1. The molecule has 3 rings (SSSR count). The molecule has 0 atom stereocenters. The first-order valence-corrected chi connectivity index (χ1v) is 8.16. The van der Waals surface area contributed by atoms with Crippen LogP contribution < -0.4 is 10.1 Å². The van der Waals surface area contributed by atoms with E-state index in [2.05, 4.69) is 5.32 Å². The summed E-state index contributed by atoms with van der Waals surface area (Å²) in [6.07, 6.45) is -3.82. The summed E-state index contributed by atoms with van der Waals surface area (Å²) in [5.41, 5.74) is -0.0891. The van der Waals surface area contributed by atoms with Crippen LogP contribution in [-0.2, 0) is 23.9 Å². The second kappa shape index (κ2) is 7.38. The van der Waals surface area contributed by atoms with Gasteiger partial charge in [-0.1, -0.05) is 18.2 Å². The molecule has 0 aromatic heterocycles. The Morgan fingerprint density at radius 3 is 2.67 bits per heavy atom. The van der Waals surface area contributed by atoms with Gasteiger partial charge in [-0.05, 0) is 30.2 Å². The van der Waals surface area contributed by atoms with Crippen LogP contribution in [0.25, 0.3) is 0 Å². The standard InChI is InChI=1S/C19H15F4NO3/c20-12-5-4-11(15(8-12)19(21,22)23)9-24-18(26)10-27-17-3-1-2-13-14(17)6-7-16(13)25/h1-5,8H,6-7,9-10H2,(H,24,26). The van der Waals surface area contributed by atoms with E-state index in [1.54, 1.807) is 18.2 Å². The number of fused-ring (bicyclic) bond motifs is 1. The topological polar surface area (TPSA) is 55.4 Å². The summed E-state index contributed by atoms with van der Waals surface area (Å²) >= 11 is 0. The number of carbonyl (C=O) groups excluding carboxylic acids is 2. The molecule has 0 heterocycles. The van der Waals surface area contributed by atoms with Gasteiger partial charge in [0.1, 0.15) is 11.6 Å².